The van der Waals surface area contributed by atoms with Gasteiger partial charge in [0.15, 0.2) is 0 Å². The highest BCUT2D eigenvalue weighted by molar-refractivity contribution is 7.20. The Morgan fingerprint density at radius 2 is 2.04 bits per heavy atom. The van der Waals surface area contributed by atoms with Gasteiger partial charge in [-0.2, -0.15) is 0 Å². The molecule has 0 amide bonds. The average molecular weight is 419 g/mol. The van der Waals surface area contributed by atoms with Gasteiger partial charge in [0.1, 0.15) is 0 Å². The van der Waals surface area contributed by atoms with Crippen molar-refractivity contribution >= 4 is 33.0 Å². The second-order valence-electron chi connectivity index (χ2n) is 7.66. The molecule has 0 bridgehead atoms. The molecule has 2 fully saturated rings. The predicted molar refractivity (Wildman–Crippen MR) is 111 cm³/mol. The number of anilines is 1. The summed E-state index contributed by atoms with van der Waals surface area (Å²) in [6.45, 7) is 4.52. The maximum Gasteiger partial charge on any atom is 0.214 e. The molecule has 1 aromatic carbocycles. The first-order chi connectivity index (χ1) is 13.6. The number of hydrogen-bond donors (Lipinski definition) is 1. The molecule has 28 heavy (non-hydrogen) atoms. The Balaban J connectivity index is 1.31. The summed E-state index contributed by atoms with van der Waals surface area (Å²) in [4.78, 5) is 7.91. The number of benzene rings is 1. The highest BCUT2D eigenvalue weighted by Crippen LogP contribution is 2.51. The minimum atomic E-state index is -0.234. The number of halogens is 1. The van der Waals surface area contributed by atoms with E-state index in [0.717, 1.165) is 58.7 Å². The van der Waals surface area contributed by atoms with Gasteiger partial charge in [0.25, 0.3) is 0 Å². The summed E-state index contributed by atoms with van der Waals surface area (Å²) in [5.74, 6) is 0. The quantitative estimate of drug-likeness (QED) is 0.696. The monoisotopic (exact) mass is 418 g/mol. The lowest BCUT2D eigenvalue weighted by atomic mass is 9.58. The smallest absolute Gasteiger partial charge is 0.214 e. The van der Waals surface area contributed by atoms with Crippen LogP contribution in [0.25, 0.3) is 16.2 Å². The second-order valence-corrected chi connectivity index (χ2v) is 9.03. The summed E-state index contributed by atoms with van der Waals surface area (Å²) in [6, 6.07) is 7.69. The van der Waals surface area contributed by atoms with Crippen LogP contribution in [0.5, 0.6) is 0 Å². The number of aliphatic hydroxyl groups excluding tert-OH is 1. The second kappa shape index (κ2) is 6.99. The zero-order valence-corrected chi connectivity index (χ0v) is 17.3. The van der Waals surface area contributed by atoms with Crippen molar-refractivity contribution in [2.75, 3.05) is 24.6 Å². The minimum Gasteiger partial charge on any atom is -0.392 e. The lowest BCUT2D eigenvalue weighted by molar-refractivity contribution is -0.199. The van der Waals surface area contributed by atoms with Gasteiger partial charge in [0.2, 0.25) is 10.1 Å². The van der Waals surface area contributed by atoms with E-state index in [0.29, 0.717) is 6.61 Å². The number of rotatable bonds is 4. The van der Waals surface area contributed by atoms with Gasteiger partial charge in [-0.05, 0) is 31.9 Å². The van der Waals surface area contributed by atoms with Gasteiger partial charge < -0.3 is 14.7 Å². The van der Waals surface area contributed by atoms with Gasteiger partial charge in [-0.15, -0.1) is 5.10 Å². The van der Waals surface area contributed by atoms with Crippen molar-refractivity contribution in [3.05, 3.63) is 35.5 Å². The summed E-state index contributed by atoms with van der Waals surface area (Å²) < 4.78 is 7.72. The van der Waals surface area contributed by atoms with E-state index in [4.69, 9.17) is 26.4 Å². The number of aliphatic hydroxyl groups is 1. The van der Waals surface area contributed by atoms with Crippen LogP contribution < -0.4 is 4.90 Å². The number of hydrogen-bond acceptors (Lipinski definition) is 6. The SMILES string of the molecule is CCOC1CC(O)C12CCN(c1nn3cc(-c4ccc(Cl)cc4)nc3s1)CC2. The maximum atomic E-state index is 10.4. The molecular weight excluding hydrogens is 396 g/mol. The van der Waals surface area contributed by atoms with Crippen LogP contribution in [0.3, 0.4) is 0 Å². The average Bonchev–Trinajstić information content (AvgIpc) is 3.28. The molecule has 3 heterocycles. The van der Waals surface area contributed by atoms with Gasteiger partial charge in [0.05, 0.1) is 24.1 Å². The first kappa shape index (κ1) is 18.4. The lowest BCUT2D eigenvalue weighted by Crippen LogP contribution is -2.62. The van der Waals surface area contributed by atoms with Gasteiger partial charge in [-0.3, -0.25) is 0 Å². The van der Waals surface area contributed by atoms with E-state index < -0.39 is 0 Å². The molecular formula is C20H23ClN4O2S. The van der Waals surface area contributed by atoms with Crippen LogP contribution in [0, 0.1) is 5.41 Å². The Hall–Kier alpha value is -1.67. The molecule has 0 radical (unpaired) electrons. The van der Waals surface area contributed by atoms with Gasteiger partial charge in [-0.25, -0.2) is 9.50 Å². The van der Waals surface area contributed by atoms with Crippen molar-refractivity contribution in [3.8, 4) is 11.3 Å². The number of piperidine rings is 1. The molecule has 6 nitrogen and oxygen atoms in total. The Kier molecular flexibility index (Phi) is 4.58. The van der Waals surface area contributed by atoms with Gasteiger partial charge in [0, 0.05) is 42.1 Å². The third-order valence-electron chi connectivity index (χ3n) is 6.25. The maximum absolute atomic E-state index is 10.4. The van der Waals surface area contributed by atoms with E-state index in [1.54, 1.807) is 11.3 Å². The standard InChI is InChI=1S/C20H23ClN4O2S/c1-2-27-17-11-16(26)20(17)7-9-24(10-8-20)19-23-25-12-15(22-18(25)28-19)13-3-5-14(21)6-4-13/h3-6,12,16-17,26H,2,7-11H2,1H3. The summed E-state index contributed by atoms with van der Waals surface area (Å²) in [7, 11) is 0. The molecule has 1 saturated carbocycles. The van der Waals surface area contributed by atoms with Crippen LogP contribution in [-0.2, 0) is 4.74 Å². The van der Waals surface area contributed by atoms with Crippen molar-refractivity contribution < 1.29 is 9.84 Å². The van der Waals surface area contributed by atoms with E-state index in [1.165, 1.54) is 0 Å². The fourth-order valence-electron chi connectivity index (χ4n) is 4.51. The van der Waals surface area contributed by atoms with Crippen LogP contribution in [0.2, 0.25) is 5.02 Å². The number of aromatic nitrogens is 3. The van der Waals surface area contributed by atoms with E-state index >= 15 is 0 Å². The molecule has 1 spiro atoms. The molecule has 148 valence electrons. The number of ether oxygens (including phenoxy) is 1. The van der Waals surface area contributed by atoms with E-state index in [1.807, 2.05) is 41.9 Å². The van der Waals surface area contributed by atoms with E-state index in [2.05, 4.69) is 4.90 Å². The fraction of sp³-hybridized carbons (Fsp3) is 0.500. The highest BCUT2D eigenvalue weighted by Gasteiger charge is 2.56. The van der Waals surface area contributed by atoms with Crippen LogP contribution >= 0.6 is 22.9 Å². The number of nitrogens with zero attached hydrogens (tertiary/aromatic N) is 4. The molecule has 5 rings (SSSR count). The molecule has 2 atom stereocenters. The van der Waals surface area contributed by atoms with Crippen molar-refractivity contribution in [2.24, 2.45) is 5.41 Å². The molecule has 8 heteroatoms. The number of imidazole rings is 1. The largest absolute Gasteiger partial charge is 0.392 e. The third-order valence-corrected chi connectivity index (χ3v) is 7.48. The van der Waals surface area contributed by atoms with Crippen LogP contribution in [0.1, 0.15) is 26.2 Å². The Morgan fingerprint density at radius 1 is 1.29 bits per heavy atom. The van der Waals surface area contributed by atoms with Gasteiger partial charge in [-0.1, -0.05) is 35.1 Å². The molecule has 3 aromatic rings. The topological polar surface area (TPSA) is 62.9 Å². The Morgan fingerprint density at radius 3 is 2.68 bits per heavy atom. The highest BCUT2D eigenvalue weighted by atomic mass is 35.5. The Labute approximate surface area is 172 Å². The molecule has 2 aromatic heterocycles. The van der Waals surface area contributed by atoms with Crippen molar-refractivity contribution in [1.82, 2.24) is 14.6 Å². The lowest BCUT2D eigenvalue weighted by Gasteiger charge is -2.56. The zero-order valence-electron chi connectivity index (χ0n) is 15.7. The van der Waals surface area contributed by atoms with Crippen molar-refractivity contribution in [3.63, 3.8) is 0 Å². The van der Waals surface area contributed by atoms with Crippen LogP contribution in [0.4, 0.5) is 5.13 Å². The first-order valence-electron chi connectivity index (χ1n) is 9.76. The van der Waals surface area contributed by atoms with Gasteiger partial charge >= 0.3 is 0 Å². The van der Waals surface area contributed by atoms with Crippen molar-refractivity contribution in [2.45, 2.75) is 38.4 Å². The molecule has 1 aliphatic heterocycles. The molecule has 1 N–H and O–H groups in total. The third kappa shape index (κ3) is 2.92. The summed E-state index contributed by atoms with van der Waals surface area (Å²) in [5.41, 5.74) is 1.87. The first-order valence-corrected chi connectivity index (χ1v) is 11.0. The van der Waals surface area contributed by atoms with Crippen LogP contribution in [-0.4, -0.2) is 51.6 Å². The van der Waals surface area contributed by atoms with Crippen molar-refractivity contribution in [1.29, 1.82) is 0 Å². The van der Waals surface area contributed by atoms with E-state index in [-0.39, 0.29) is 17.6 Å². The molecule has 2 unspecified atom stereocenters. The fourth-order valence-corrected chi connectivity index (χ4v) is 5.57. The number of fused-ring (bicyclic) bond motifs is 1. The van der Waals surface area contributed by atoms with Crippen LogP contribution in [0.15, 0.2) is 30.5 Å². The zero-order chi connectivity index (χ0) is 19.3. The summed E-state index contributed by atoms with van der Waals surface area (Å²) in [5, 5.41) is 16.8. The summed E-state index contributed by atoms with van der Waals surface area (Å²) >= 11 is 7.58. The Bertz CT molecular complexity index is 944. The molecule has 2 aliphatic rings. The van der Waals surface area contributed by atoms with E-state index in [9.17, 15) is 5.11 Å². The predicted octanol–water partition coefficient (Wildman–Crippen LogP) is 3.87. The summed E-state index contributed by atoms with van der Waals surface area (Å²) in [6.07, 6.45) is 4.58. The minimum absolute atomic E-state index is 0.0638. The molecule has 1 saturated heterocycles. The normalized spacial score (nSPS) is 24.0. The molecule has 1 aliphatic carbocycles.